The molecule has 2 aliphatic rings. The zero-order valence-electron chi connectivity index (χ0n) is 15.7. The van der Waals surface area contributed by atoms with E-state index in [0.717, 1.165) is 50.1 Å². The average molecular weight is 402 g/mol. The summed E-state index contributed by atoms with van der Waals surface area (Å²) in [6.45, 7) is 4.16. The van der Waals surface area contributed by atoms with Gasteiger partial charge in [-0.15, -0.1) is 0 Å². The fraction of sp³-hybridized carbons (Fsp3) is 0.429. The van der Waals surface area contributed by atoms with E-state index >= 15 is 0 Å². The minimum atomic E-state index is -0.263. The van der Waals surface area contributed by atoms with E-state index in [-0.39, 0.29) is 23.7 Å². The number of hydrogen-bond donors (Lipinski definition) is 0. The third kappa shape index (κ3) is 4.10. The van der Waals surface area contributed by atoms with Gasteiger partial charge in [-0.3, -0.25) is 14.5 Å². The van der Waals surface area contributed by atoms with E-state index in [0.29, 0.717) is 13.1 Å². The largest absolute Gasteiger partial charge is 0.337 e. The molecule has 148 valence electrons. The van der Waals surface area contributed by atoms with Crippen molar-refractivity contribution in [3.63, 3.8) is 0 Å². The van der Waals surface area contributed by atoms with Crippen LogP contribution in [0.4, 0.5) is 4.39 Å². The van der Waals surface area contributed by atoms with E-state index in [4.69, 9.17) is 0 Å². The number of carbonyl (C=O) groups excluding carboxylic acids is 2. The lowest BCUT2D eigenvalue weighted by Gasteiger charge is -2.26. The Bertz CT molecular complexity index is 825. The van der Waals surface area contributed by atoms with Gasteiger partial charge in [0.1, 0.15) is 5.82 Å². The van der Waals surface area contributed by atoms with Crippen LogP contribution in [-0.4, -0.2) is 65.3 Å². The second kappa shape index (κ2) is 8.41. The molecule has 2 amide bonds. The van der Waals surface area contributed by atoms with Gasteiger partial charge in [-0.2, -0.15) is 11.3 Å². The highest BCUT2D eigenvalue weighted by Crippen LogP contribution is 2.22. The topological polar surface area (TPSA) is 43.9 Å². The SMILES string of the molecule is O=C(c1ccsc1)N1CCCN(C2CCN(Cc3ccc(F)cc3)C2=O)CC1. The second-order valence-corrected chi connectivity index (χ2v) is 8.16. The summed E-state index contributed by atoms with van der Waals surface area (Å²) in [6.07, 6.45) is 1.68. The molecule has 2 aromatic rings. The molecule has 1 unspecified atom stereocenters. The van der Waals surface area contributed by atoms with Crippen molar-refractivity contribution in [1.82, 2.24) is 14.7 Å². The molecule has 1 aromatic heterocycles. The Hall–Kier alpha value is -2.25. The van der Waals surface area contributed by atoms with Crippen LogP contribution in [0.25, 0.3) is 0 Å². The number of halogens is 1. The molecule has 0 radical (unpaired) electrons. The van der Waals surface area contributed by atoms with Gasteiger partial charge < -0.3 is 9.80 Å². The first-order valence-electron chi connectivity index (χ1n) is 9.70. The first-order chi connectivity index (χ1) is 13.6. The van der Waals surface area contributed by atoms with Crippen molar-refractivity contribution in [1.29, 1.82) is 0 Å². The zero-order valence-corrected chi connectivity index (χ0v) is 16.5. The molecule has 2 saturated heterocycles. The molecular formula is C21H24FN3O2S. The number of amides is 2. The normalized spacial score (nSPS) is 21.2. The Morgan fingerprint density at radius 3 is 2.64 bits per heavy atom. The van der Waals surface area contributed by atoms with E-state index in [1.807, 2.05) is 26.6 Å². The molecule has 0 saturated carbocycles. The van der Waals surface area contributed by atoms with Crippen molar-refractivity contribution in [2.75, 3.05) is 32.7 Å². The molecule has 1 aromatic carbocycles. The van der Waals surface area contributed by atoms with Gasteiger partial charge in [0.25, 0.3) is 5.91 Å². The van der Waals surface area contributed by atoms with Gasteiger partial charge in [0.15, 0.2) is 0 Å². The van der Waals surface area contributed by atoms with Crippen LogP contribution < -0.4 is 0 Å². The van der Waals surface area contributed by atoms with Gasteiger partial charge in [0, 0.05) is 44.6 Å². The predicted octanol–water partition coefficient (Wildman–Crippen LogP) is 2.84. The maximum Gasteiger partial charge on any atom is 0.254 e. The predicted molar refractivity (Wildman–Crippen MR) is 107 cm³/mol. The smallest absolute Gasteiger partial charge is 0.254 e. The Balaban J connectivity index is 1.35. The molecule has 7 heteroatoms. The quantitative estimate of drug-likeness (QED) is 0.791. The summed E-state index contributed by atoms with van der Waals surface area (Å²) in [5.74, 6) is -0.0405. The summed E-state index contributed by atoms with van der Waals surface area (Å²) in [5.41, 5.74) is 1.69. The lowest BCUT2D eigenvalue weighted by Crippen LogP contribution is -2.44. The molecule has 5 nitrogen and oxygen atoms in total. The summed E-state index contributed by atoms with van der Waals surface area (Å²) >= 11 is 1.53. The van der Waals surface area contributed by atoms with Crippen LogP contribution >= 0.6 is 11.3 Å². The van der Waals surface area contributed by atoms with E-state index in [1.54, 1.807) is 12.1 Å². The van der Waals surface area contributed by atoms with Crippen LogP contribution in [0.2, 0.25) is 0 Å². The van der Waals surface area contributed by atoms with Crippen LogP contribution in [0.5, 0.6) is 0 Å². The van der Waals surface area contributed by atoms with Gasteiger partial charge in [-0.25, -0.2) is 4.39 Å². The highest BCUT2D eigenvalue weighted by Gasteiger charge is 2.36. The van der Waals surface area contributed by atoms with Gasteiger partial charge in [-0.1, -0.05) is 12.1 Å². The summed E-state index contributed by atoms with van der Waals surface area (Å²) in [4.78, 5) is 31.5. The summed E-state index contributed by atoms with van der Waals surface area (Å²) in [7, 11) is 0. The molecule has 0 aliphatic carbocycles. The van der Waals surface area contributed by atoms with Crippen molar-refractivity contribution in [3.8, 4) is 0 Å². The molecule has 1 atom stereocenters. The molecule has 0 N–H and O–H groups in total. The highest BCUT2D eigenvalue weighted by atomic mass is 32.1. The second-order valence-electron chi connectivity index (χ2n) is 7.38. The summed E-state index contributed by atoms with van der Waals surface area (Å²) in [5, 5.41) is 3.81. The number of benzene rings is 1. The van der Waals surface area contributed by atoms with Crippen molar-refractivity contribution in [3.05, 3.63) is 58.0 Å². The summed E-state index contributed by atoms with van der Waals surface area (Å²) < 4.78 is 13.1. The maximum absolute atomic E-state index is 13.1. The lowest BCUT2D eigenvalue weighted by molar-refractivity contribution is -0.132. The van der Waals surface area contributed by atoms with Gasteiger partial charge in [0.2, 0.25) is 5.91 Å². The van der Waals surface area contributed by atoms with Crippen molar-refractivity contribution >= 4 is 23.2 Å². The monoisotopic (exact) mass is 401 g/mol. The minimum absolute atomic E-state index is 0.0822. The fourth-order valence-electron chi connectivity index (χ4n) is 4.05. The third-order valence-electron chi connectivity index (χ3n) is 5.58. The number of nitrogens with zero attached hydrogens (tertiary/aromatic N) is 3. The van der Waals surface area contributed by atoms with Crippen LogP contribution in [0.15, 0.2) is 41.1 Å². The number of hydrogen-bond acceptors (Lipinski definition) is 4. The molecule has 2 fully saturated rings. The van der Waals surface area contributed by atoms with E-state index in [1.165, 1.54) is 23.5 Å². The van der Waals surface area contributed by atoms with Crippen LogP contribution in [0, 0.1) is 5.82 Å². The van der Waals surface area contributed by atoms with E-state index < -0.39 is 0 Å². The van der Waals surface area contributed by atoms with Crippen molar-refractivity contribution in [2.24, 2.45) is 0 Å². The third-order valence-corrected chi connectivity index (χ3v) is 6.27. The molecule has 0 bridgehead atoms. The minimum Gasteiger partial charge on any atom is -0.337 e. The lowest BCUT2D eigenvalue weighted by atomic mass is 10.2. The Kier molecular flexibility index (Phi) is 5.73. The van der Waals surface area contributed by atoms with Crippen LogP contribution in [0.3, 0.4) is 0 Å². The highest BCUT2D eigenvalue weighted by molar-refractivity contribution is 7.08. The first-order valence-corrected chi connectivity index (χ1v) is 10.6. The molecule has 4 rings (SSSR count). The zero-order chi connectivity index (χ0) is 19.5. The molecule has 2 aliphatic heterocycles. The number of likely N-dealkylation sites (tertiary alicyclic amines) is 1. The first kappa shape index (κ1) is 19.1. The Morgan fingerprint density at radius 1 is 1.07 bits per heavy atom. The van der Waals surface area contributed by atoms with Gasteiger partial charge in [-0.05, 0) is 42.0 Å². The van der Waals surface area contributed by atoms with E-state index in [2.05, 4.69) is 4.90 Å². The van der Waals surface area contributed by atoms with Crippen LogP contribution in [0.1, 0.15) is 28.8 Å². The molecule has 28 heavy (non-hydrogen) atoms. The van der Waals surface area contributed by atoms with E-state index in [9.17, 15) is 14.0 Å². The standard InChI is InChI=1S/C21H24FN3O2S/c22-18-4-2-16(3-5-18)14-25-10-6-19(21(25)27)23-8-1-9-24(12-11-23)20(26)17-7-13-28-15-17/h2-5,7,13,15,19H,1,6,8-12,14H2. The van der Waals surface area contributed by atoms with Gasteiger partial charge >= 0.3 is 0 Å². The van der Waals surface area contributed by atoms with Crippen molar-refractivity contribution < 1.29 is 14.0 Å². The summed E-state index contributed by atoms with van der Waals surface area (Å²) in [6, 6.07) is 8.08. The number of rotatable bonds is 4. The maximum atomic E-state index is 13.1. The molecule has 0 spiro atoms. The molecule has 3 heterocycles. The Morgan fingerprint density at radius 2 is 1.89 bits per heavy atom. The van der Waals surface area contributed by atoms with Crippen molar-refractivity contribution in [2.45, 2.75) is 25.4 Å². The fourth-order valence-corrected chi connectivity index (χ4v) is 4.68. The number of carbonyl (C=O) groups is 2. The Labute approximate surface area is 168 Å². The number of thiophene rings is 1. The van der Waals surface area contributed by atoms with Gasteiger partial charge in [0.05, 0.1) is 11.6 Å². The molecular weight excluding hydrogens is 377 g/mol. The average Bonchev–Trinajstić information content (AvgIpc) is 3.28. The van der Waals surface area contributed by atoms with Crippen LogP contribution in [-0.2, 0) is 11.3 Å².